The number of carbonyl (C=O) groups is 2. The van der Waals surface area contributed by atoms with E-state index in [2.05, 4.69) is 0 Å². The van der Waals surface area contributed by atoms with Crippen LogP contribution in [0.4, 0.5) is 5.69 Å². The molecule has 2 rings (SSSR count). The number of rotatable bonds is 5. The maximum absolute atomic E-state index is 12.2. The summed E-state index contributed by atoms with van der Waals surface area (Å²) in [6, 6.07) is 7.14. The second-order valence-corrected chi connectivity index (χ2v) is 4.76. The zero-order valence-electron chi connectivity index (χ0n) is 12.0. The highest BCUT2D eigenvalue weighted by Crippen LogP contribution is 2.36. The number of carbonyl (C=O) groups excluding carboxylic acids is 2. The summed E-state index contributed by atoms with van der Waals surface area (Å²) in [6.45, 7) is 2.03. The molecule has 20 heavy (non-hydrogen) atoms. The zero-order chi connectivity index (χ0) is 14.7. The van der Waals surface area contributed by atoms with E-state index in [1.165, 1.54) is 7.11 Å². The molecule has 0 saturated carbocycles. The van der Waals surface area contributed by atoms with Crippen molar-refractivity contribution in [3.8, 4) is 5.75 Å². The van der Waals surface area contributed by atoms with Gasteiger partial charge in [-0.25, -0.2) is 0 Å². The third-order valence-corrected chi connectivity index (χ3v) is 3.61. The third-order valence-electron chi connectivity index (χ3n) is 3.61. The van der Waals surface area contributed by atoms with E-state index in [1.807, 2.05) is 19.1 Å². The molecule has 0 aliphatic carbocycles. The van der Waals surface area contributed by atoms with Crippen LogP contribution >= 0.6 is 0 Å². The van der Waals surface area contributed by atoms with Gasteiger partial charge in [0.05, 0.1) is 20.3 Å². The second-order valence-electron chi connectivity index (χ2n) is 4.76. The summed E-state index contributed by atoms with van der Waals surface area (Å²) < 4.78 is 9.82. The van der Waals surface area contributed by atoms with Crippen molar-refractivity contribution in [2.45, 2.75) is 25.8 Å². The molecule has 1 aromatic carbocycles. The van der Waals surface area contributed by atoms with Crippen LogP contribution in [0.5, 0.6) is 5.75 Å². The highest BCUT2D eigenvalue weighted by atomic mass is 16.5. The van der Waals surface area contributed by atoms with Crippen LogP contribution in [0.15, 0.2) is 24.3 Å². The van der Waals surface area contributed by atoms with Crippen LogP contribution in [-0.2, 0) is 14.3 Å². The first-order valence-electron chi connectivity index (χ1n) is 6.69. The lowest BCUT2D eigenvalue weighted by atomic mass is 9.83. The van der Waals surface area contributed by atoms with E-state index < -0.39 is 11.9 Å². The third kappa shape index (κ3) is 2.35. The Morgan fingerprint density at radius 1 is 1.25 bits per heavy atom. The molecule has 5 heteroatoms. The first-order valence-corrected chi connectivity index (χ1v) is 6.69. The molecule has 1 aliphatic heterocycles. The van der Waals surface area contributed by atoms with E-state index in [1.54, 1.807) is 24.1 Å². The van der Waals surface area contributed by atoms with Crippen LogP contribution in [0.25, 0.3) is 0 Å². The lowest BCUT2D eigenvalue weighted by molar-refractivity contribution is -0.155. The van der Waals surface area contributed by atoms with E-state index >= 15 is 0 Å². The van der Waals surface area contributed by atoms with Crippen LogP contribution in [-0.4, -0.2) is 32.1 Å². The zero-order valence-corrected chi connectivity index (χ0v) is 12.0. The van der Waals surface area contributed by atoms with E-state index in [-0.39, 0.29) is 11.9 Å². The van der Waals surface area contributed by atoms with Crippen molar-refractivity contribution >= 4 is 17.6 Å². The van der Waals surface area contributed by atoms with Crippen LogP contribution < -0.4 is 9.64 Å². The van der Waals surface area contributed by atoms with Crippen LogP contribution in [0, 0.1) is 5.92 Å². The Bertz CT molecular complexity index is 497. The lowest BCUT2D eigenvalue weighted by Gasteiger charge is -2.45. The van der Waals surface area contributed by atoms with Gasteiger partial charge in [0.25, 0.3) is 0 Å². The Morgan fingerprint density at radius 3 is 2.40 bits per heavy atom. The van der Waals surface area contributed by atoms with Gasteiger partial charge in [-0.15, -0.1) is 0 Å². The molecule has 1 aliphatic rings. The summed E-state index contributed by atoms with van der Waals surface area (Å²) in [6.07, 6.45) is 1.68. The molecular formula is C15H19NO4. The summed E-state index contributed by atoms with van der Waals surface area (Å²) in [4.78, 5) is 25.5. The van der Waals surface area contributed by atoms with Gasteiger partial charge in [0, 0.05) is 5.69 Å². The first-order chi connectivity index (χ1) is 9.63. The molecule has 0 unspecified atom stereocenters. The Balaban J connectivity index is 2.21. The Labute approximate surface area is 118 Å². The highest BCUT2D eigenvalue weighted by molar-refractivity contribution is 6.13. The Morgan fingerprint density at radius 2 is 1.90 bits per heavy atom. The number of β-lactam (4-membered cyclic amide) rings is 1. The van der Waals surface area contributed by atoms with E-state index in [4.69, 9.17) is 9.47 Å². The molecule has 2 atom stereocenters. The van der Waals surface area contributed by atoms with Gasteiger partial charge in [0.15, 0.2) is 5.92 Å². The number of ether oxygens (including phenoxy) is 2. The average molecular weight is 277 g/mol. The number of hydrogen-bond donors (Lipinski definition) is 0. The number of methoxy groups -OCH3 is 2. The Kier molecular flexibility index (Phi) is 4.27. The van der Waals surface area contributed by atoms with Crippen LogP contribution in [0.3, 0.4) is 0 Å². The number of anilines is 1. The molecule has 1 saturated heterocycles. The quantitative estimate of drug-likeness (QED) is 0.469. The fourth-order valence-electron chi connectivity index (χ4n) is 2.58. The van der Waals surface area contributed by atoms with E-state index in [9.17, 15) is 9.59 Å². The van der Waals surface area contributed by atoms with Gasteiger partial charge in [0.2, 0.25) is 5.91 Å². The van der Waals surface area contributed by atoms with Gasteiger partial charge >= 0.3 is 5.97 Å². The summed E-state index contributed by atoms with van der Waals surface area (Å²) in [5.74, 6) is -0.570. The molecule has 0 radical (unpaired) electrons. The van der Waals surface area contributed by atoms with Gasteiger partial charge in [0.1, 0.15) is 5.75 Å². The molecule has 0 aromatic heterocycles. The van der Waals surface area contributed by atoms with Crippen molar-refractivity contribution in [3.05, 3.63) is 24.3 Å². The fourth-order valence-corrected chi connectivity index (χ4v) is 2.58. The van der Waals surface area contributed by atoms with Crippen molar-refractivity contribution in [2.24, 2.45) is 5.92 Å². The Hall–Kier alpha value is -2.04. The number of amides is 1. The number of nitrogens with zero attached hydrogens (tertiary/aromatic N) is 1. The van der Waals surface area contributed by atoms with Gasteiger partial charge in [-0.1, -0.05) is 13.3 Å². The molecule has 108 valence electrons. The number of esters is 1. The molecule has 0 spiro atoms. The van der Waals surface area contributed by atoms with E-state index in [0.717, 1.165) is 24.3 Å². The van der Waals surface area contributed by atoms with Gasteiger partial charge < -0.3 is 14.4 Å². The molecular weight excluding hydrogens is 258 g/mol. The SMILES string of the molecule is CCC[C@@H]1[C@@H](C(=O)OC)C(=O)N1c1ccc(OC)cc1. The topological polar surface area (TPSA) is 55.8 Å². The monoisotopic (exact) mass is 277 g/mol. The summed E-state index contributed by atoms with van der Waals surface area (Å²) >= 11 is 0. The smallest absolute Gasteiger partial charge is 0.320 e. The van der Waals surface area contributed by atoms with Crippen molar-refractivity contribution in [1.82, 2.24) is 0 Å². The maximum Gasteiger partial charge on any atom is 0.320 e. The minimum absolute atomic E-state index is 0.117. The van der Waals surface area contributed by atoms with Crippen molar-refractivity contribution in [2.75, 3.05) is 19.1 Å². The molecule has 1 amide bonds. The van der Waals surface area contributed by atoms with Gasteiger partial charge in [-0.05, 0) is 30.7 Å². The highest BCUT2D eigenvalue weighted by Gasteiger charge is 2.52. The minimum atomic E-state index is -0.665. The normalized spacial score (nSPS) is 21.4. The average Bonchev–Trinajstić information content (AvgIpc) is 2.47. The fraction of sp³-hybridized carbons (Fsp3) is 0.467. The number of benzene rings is 1. The molecule has 1 aromatic rings. The predicted octanol–water partition coefficient (Wildman–Crippen LogP) is 2.00. The largest absolute Gasteiger partial charge is 0.497 e. The predicted molar refractivity (Wildman–Crippen MR) is 74.7 cm³/mol. The van der Waals surface area contributed by atoms with Crippen molar-refractivity contribution in [3.63, 3.8) is 0 Å². The van der Waals surface area contributed by atoms with Gasteiger partial charge in [-0.3, -0.25) is 9.59 Å². The standard InChI is InChI=1S/C15H19NO4/c1-4-5-12-13(15(18)20-3)14(17)16(12)10-6-8-11(19-2)9-7-10/h6-9,12-13H,4-5H2,1-3H3/t12-,13-/m1/s1. The van der Waals surface area contributed by atoms with Gasteiger partial charge in [-0.2, -0.15) is 0 Å². The lowest BCUT2D eigenvalue weighted by Crippen LogP contribution is -2.64. The summed E-state index contributed by atoms with van der Waals surface area (Å²) in [5, 5.41) is 0. The first kappa shape index (κ1) is 14.4. The van der Waals surface area contributed by atoms with Crippen molar-refractivity contribution < 1.29 is 19.1 Å². The second kappa shape index (κ2) is 5.94. The van der Waals surface area contributed by atoms with E-state index in [0.29, 0.717) is 0 Å². The summed E-state index contributed by atoms with van der Waals surface area (Å²) in [5.41, 5.74) is 0.786. The minimum Gasteiger partial charge on any atom is -0.497 e. The van der Waals surface area contributed by atoms with Crippen molar-refractivity contribution in [1.29, 1.82) is 0 Å². The van der Waals surface area contributed by atoms with Crippen LogP contribution in [0.2, 0.25) is 0 Å². The molecule has 1 heterocycles. The van der Waals surface area contributed by atoms with Crippen LogP contribution in [0.1, 0.15) is 19.8 Å². The molecule has 0 N–H and O–H groups in total. The number of hydrogen-bond acceptors (Lipinski definition) is 4. The maximum atomic E-state index is 12.2. The summed E-state index contributed by atoms with van der Waals surface area (Å²) in [7, 11) is 2.91. The molecule has 1 fully saturated rings. The molecule has 5 nitrogen and oxygen atoms in total. The molecule has 0 bridgehead atoms.